The van der Waals surface area contributed by atoms with Crippen LogP contribution in [0.1, 0.15) is 28.9 Å². The third kappa shape index (κ3) is 3.31. The molecule has 0 N–H and O–H groups in total. The molecule has 1 atom stereocenters. The third-order valence-corrected chi connectivity index (χ3v) is 6.52. The largest absolute Gasteiger partial charge is 0.268 e. The highest BCUT2D eigenvalue weighted by Crippen LogP contribution is 2.34. The van der Waals surface area contributed by atoms with Crippen LogP contribution in [0.3, 0.4) is 0 Å². The van der Waals surface area contributed by atoms with Gasteiger partial charge in [-0.05, 0) is 56.2 Å². The van der Waals surface area contributed by atoms with E-state index in [1.54, 1.807) is 22.5 Å². The van der Waals surface area contributed by atoms with Crippen molar-refractivity contribution in [1.29, 1.82) is 0 Å². The van der Waals surface area contributed by atoms with Gasteiger partial charge in [0.05, 0.1) is 16.6 Å². The van der Waals surface area contributed by atoms with Gasteiger partial charge in [0.15, 0.2) is 5.16 Å². The summed E-state index contributed by atoms with van der Waals surface area (Å²) in [6, 6.07) is 17.7. The summed E-state index contributed by atoms with van der Waals surface area (Å²) < 4.78 is 3.65. The second-order valence-electron chi connectivity index (χ2n) is 7.61. The van der Waals surface area contributed by atoms with Crippen LogP contribution in [0, 0.1) is 13.8 Å². The zero-order valence-electron chi connectivity index (χ0n) is 17.5. The summed E-state index contributed by atoms with van der Waals surface area (Å²) in [5, 5.41) is 10.4. The molecule has 154 valence electrons. The molecule has 0 aliphatic carbocycles. The first-order valence-electron chi connectivity index (χ1n) is 10.1. The molecule has 0 fully saturated rings. The molecular formula is C24H21N5OS. The number of nitrogens with zero attached hydrogens (tertiary/aromatic N) is 5. The molecule has 0 bridgehead atoms. The topological polar surface area (TPSA) is 65.1 Å². The van der Waals surface area contributed by atoms with E-state index in [-0.39, 0.29) is 10.8 Å². The molecule has 7 heteroatoms. The fraction of sp³-hybridized carbons (Fsp3) is 0.167. The Balaban J connectivity index is 1.77. The highest BCUT2D eigenvalue weighted by atomic mass is 32.2. The molecule has 31 heavy (non-hydrogen) atoms. The Morgan fingerprint density at radius 1 is 1.00 bits per heavy atom. The van der Waals surface area contributed by atoms with Gasteiger partial charge < -0.3 is 0 Å². The van der Waals surface area contributed by atoms with Crippen LogP contribution in [0.15, 0.2) is 76.9 Å². The summed E-state index contributed by atoms with van der Waals surface area (Å²) in [6.45, 7) is 6.17. The lowest BCUT2D eigenvalue weighted by Crippen LogP contribution is -2.22. The van der Waals surface area contributed by atoms with Crippen LogP contribution in [-0.4, -0.2) is 24.1 Å². The van der Waals surface area contributed by atoms with Crippen LogP contribution in [0.4, 0.5) is 0 Å². The van der Waals surface area contributed by atoms with Crippen molar-refractivity contribution in [3.63, 3.8) is 0 Å². The van der Waals surface area contributed by atoms with Crippen molar-refractivity contribution in [1.82, 2.24) is 24.1 Å². The maximum Gasteiger partial charge on any atom is 0.267 e. The number of thioether (sulfide) groups is 1. The molecule has 0 radical (unpaired) electrons. The number of aryl methyl sites for hydroxylation is 2. The smallest absolute Gasteiger partial charge is 0.267 e. The Morgan fingerprint density at radius 3 is 2.61 bits per heavy atom. The van der Waals surface area contributed by atoms with Crippen molar-refractivity contribution in [3.8, 4) is 5.69 Å². The maximum absolute atomic E-state index is 13.5. The quantitative estimate of drug-likeness (QED) is 0.382. The predicted octanol–water partition coefficient (Wildman–Crippen LogP) is 4.90. The first-order valence-corrected chi connectivity index (χ1v) is 11.0. The number of benzene rings is 2. The van der Waals surface area contributed by atoms with E-state index in [2.05, 4.69) is 34.2 Å². The Hall–Kier alpha value is -3.45. The Kier molecular flexibility index (Phi) is 4.82. The number of rotatable bonds is 4. The fourth-order valence-corrected chi connectivity index (χ4v) is 4.84. The van der Waals surface area contributed by atoms with Crippen molar-refractivity contribution in [2.75, 3.05) is 0 Å². The van der Waals surface area contributed by atoms with E-state index in [9.17, 15) is 4.79 Å². The first kappa shape index (κ1) is 19.5. The predicted molar refractivity (Wildman–Crippen MR) is 124 cm³/mol. The lowest BCUT2D eigenvalue weighted by atomic mass is 10.1. The van der Waals surface area contributed by atoms with E-state index < -0.39 is 0 Å². The van der Waals surface area contributed by atoms with Gasteiger partial charge in [-0.2, -0.15) is 0 Å². The Labute approximate surface area is 183 Å². The van der Waals surface area contributed by atoms with Crippen molar-refractivity contribution >= 4 is 28.4 Å². The number of aromatic nitrogens is 5. The fourth-order valence-electron chi connectivity index (χ4n) is 3.87. The molecule has 0 aliphatic heterocycles. The summed E-state index contributed by atoms with van der Waals surface area (Å²) in [5.74, 6) is 0.511. The van der Waals surface area contributed by atoms with Gasteiger partial charge in [0.25, 0.3) is 5.56 Å². The van der Waals surface area contributed by atoms with Crippen molar-refractivity contribution in [2.45, 2.75) is 31.2 Å². The summed E-state index contributed by atoms with van der Waals surface area (Å²) in [4.78, 5) is 17.7. The molecule has 0 aliphatic rings. The zero-order chi connectivity index (χ0) is 21.5. The SMILES string of the molecule is Cc1ccc(-n2c(=O)c3ccccc3n3c(SC(C)c4cccnc4)nnc23)c(C)c1. The van der Waals surface area contributed by atoms with Gasteiger partial charge in [-0.15, -0.1) is 10.2 Å². The number of pyridine rings is 1. The van der Waals surface area contributed by atoms with Gasteiger partial charge in [-0.25, -0.2) is 4.57 Å². The number of para-hydroxylation sites is 1. The lowest BCUT2D eigenvalue weighted by Gasteiger charge is -2.14. The number of hydrogen-bond acceptors (Lipinski definition) is 5. The van der Waals surface area contributed by atoms with Gasteiger partial charge in [-0.3, -0.25) is 14.2 Å². The second-order valence-corrected chi connectivity index (χ2v) is 8.92. The molecule has 6 nitrogen and oxygen atoms in total. The molecule has 1 unspecified atom stereocenters. The minimum absolute atomic E-state index is 0.0979. The lowest BCUT2D eigenvalue weighted by molar-refractivity contribution is 0.918. The van der Waals surface area contributed by atoms with Crippen molar-refractivity contribution in [3.05, 3.63) is 94.0 Å². The summed E-state index contributed by atoms with van der Waals surface area (Å²) in [7, 11) is 0. The van der Waals surface area contributed by atoms with Crippen LogP contribution in [-0.2, 0) is 0 Å². The monoisotopic (exact) mass is 427 g/mol. The number of hydrogen-bond donors (Lipinski definition) is 0. The van der Waals surface area contributed by atoms with Gasteiger partial charge in [0, 0.05) is 17.6 Å². The summed E-state index contributed by atoms with van der Waals surface area (Å²) in [6.07, 6.45) is 3.63. The van der Waals surface area contributed by atoms with Gasteiger partial charge in [0.2, 0.25) is 5.78 Å². The molecule has 5 aromatic rings. The van der Waals surface area contributed by atoms with Crippen LogP contribution in [0.25, 0.3) is 22.4 Å². The third-order valence-electron chi connectivity index (χ3n) is 5.42. The molecule has 3 heterocycles. The average molecular weight is 428 g/mol. The van der Waals surface area contributed by atoms with Gasteiger partial charge in [0.1, 0.15) is 0 Å². The normalized spacial score (nSPS) is 12.5. The summed E-state index contributed by atoms with van der Waals surface area (Å²) in [5.41, 5.74) is 4.79. The molecular weight excluding hydrogens is 406 g/mol. The van der Waals surface area contributed by atoms with Crippen LogP contribution in [0.2, 0.25) is 0 Å². The van der Waals surface area contributed by atoms with E-state index >= 15 is 0 Å². The van der Waals surface area contributed by atoms with Crippen molar-refractivity contribution in [2.24, 2.45) is 0 Å². The van der Waals surface area contributed by atoms with Gasteiger partial charge in [-0.1, -0.05) is 47.7 Å². The van der Waals surface area contributed by atoms with E-state index in [4.69, 9.17) is 0 Å². The molecule has 0 saturated heterocycles. The standard InChI is InChI=1S/C24H21N5OS/c1-15-10-11-20(16(2)13-15)28-22(30)19-8-4-5-9-21(19)29-23(28)26-27-24(29)31-17(3)18-7-6-12-25-14-18/h4-14,17H,1-3H3. The minimum Gasteiger partial charge on any atom is -0.268 e. The van der Waals surface area contributed by atoms with Crippen LogP contribution < -0.4 is 5.56 Å². The molecule has 2 aromatic carbocycles. The van der Waals surface area contributed by atoms with E-state index in [1.165, 1.54) is 0 Å². The molecule has 3 aromatic heterocycles. The summed E-state index contributed by atoms with van der Waals surface area (Å²) >= 11 is 1.60. The highest BCUT2D eigenvalue weighted by molar-refractivity contribution is 7.99. The first-order chi connectivity index (χ1) is 15.0. The molecule has 0 amide bonds. The number of fused-ring (bicyclic) bond motifs is 3. The van der Waals surface area contributed by atoms with E-state index in [0.29, 0.717) is 11.2 Å². The molecule has 0 saturated carbocycles. The van der Waals surface area contributed by atoms with E-state index in [1.807, 2.05) is 66.9 Å². The average Bonchev–Trinajstić information content (AvgIpc) is 3.19. The van der Waals surface area contributed by atoms with Gasteiger partial charge >= 0.3 is 0 Å². The second kappa shape index (κ2) is 7.67. The van der Waals surface area contributed by atoms with Crippen molar-refractivity contribution < 1.29 is 0 Å². The molecule has 0 spiro atoms. The Morgan fingerprint density at radius 2 is 1.84 bits per heavy atom. The zero-order valence-corrected chi connectivity index (χ0v) is 18.3. The van der Waals surface area contributed by atoms with Crippen LogP contribution in [0.5, 0.6) is 0 Å². The minimum atomic E-state index is -0.0979. The van der Waals surface area contributed by atoms with E-state index in [0.717, 1.165) is 33.1 Å². The highest BCUT2D eigenvalue weighted by Gasteiger charge is 2.20. The Bertz CT molecular complexity index is 1470. The van der Waals surface area contributed by atoms with Crippen LogP contribution >= 0.6 is 11.8 Å². The maximum atomic E-state index is 13.5. The molecule has 5 rings (SSSR count).